The first-order valence-electron chi connectivity index (χ1n) is 7.14. The summed E-state index contributed by atoms with van der Waals surface area (Å²) in [4.78, 5) is 4.66. The Morgan fingerprint density at radius 3 is 2.89 bits per heavy atom. The Balaban J connectivity index is 1.78. The van der Waals surface area contributed by atoms with Gasteiger partial charge in [0.1, 0.15) is 0 Å². The molecule has 0 bridgehead atoms. The lowest BCUT2D eigenvalue weighted by atomic mass is 9.98. The maximum absolute atomic E-state index is 4.66. The zero-order valence-corrected chi connectivity index (χ0v) is 11.4. The minimum atomic E-state index is 0.779. The summed E-state index contributed by atoms with van der Waals surface area (Å²) in [6, 6.07) is 10.6. The van der Waals surface area contributed by atoms with Gasteiger partial charge in [-0.05, 0) is 50.9 Å². The van der Waals surface area contributed by atoms with E-state index in [9.17, 15) is 0 Å². The molecular formula is C16H21N3. The molecule has 100 valence electrons. The van der Waals surface area contributed by atoms with Gasteiger partial charge in [0.25, 0.3) is 0 Å². The van der Waals surface area contributed by atoms with Crippen molar-refractivity contribution in [3.05, 3.63) is 36.0 Å². The van der Waals surface area contributed by atoms with Crippen molar-refractivity contribution in [1.29, 1.82) is 0 Å². The van der Waals surface area contributed by atoms with Crippen LogP contribution in [0.25, 0.3) is 10.9 Å². The molecule has 0 saturated carbocycles. The number of anilines is 1. The zero-order valence-electron chi connectivity index (χ0n) is 11.4. The number of piperidine rings is 1. The Morgan fingerprint density at radius 2 is 2.05 bits per heavy atom. The highest BCUT2D eigenvalue weighted by Gasteiger charge is 2.13. The number of pyridine rings is 1. The number of rotatable bonds is 3. The number of hydrogen-bond donors (Lipinski definition) is 2. The third-order valence-corrected chi connectivity index (χ3v) is 3.90. The van der Waals surface area contributed by atoms with Gasteiger partial charge in [-0.1, -0.05) is 18.2 Å². The number of para-hydroxylation sites is 1. The number of aryl methyl sites for hydroxylation is 1. The first kappa shape index (κ1) is 12.4. The average molecular weight is 255 g/mol. The van der Waals surface area contributed by atoms with Crippen molar-refractivity contribution in [3.8, 4) is 0 Å². The molecule has 1 aromatic carbocycles. The van der Waals surface area contributed by atoms with Crippen LogP contribution in [0.4, 0.5) is 5.69 Å². The minimum Gasteiger partial charge on any atom is -0.383 e. The van der Waals surface area contributed by atoms with Crippen molar-refractivity contribution in [3.63, 3.8) is 0 Å². The summed E-state index contributed by atoms with van der Waals surface area (Å²) in [6.07, 6.45) is 2.54. The number of nitrogens with zero attached hydrogens (tertiary/aromatic N) is 1. The Hall–Kier alpha value is -1.61. The summed E-state index contributed by atoms with van der Waals surface area (Å²) in [5, 5.41) is 8.21. The van der Waals surface area contributed by atoms with E-state index in [1.807, 2.05) is 6.92 Å². The lowest BCUT2D eigenvalue weighted by molar-refractivity contribution is 0.390. The van der Waals surface area contributed by atoms with E-state index in [1.165, 1.54) is 23.9 Å². The molecule has 2 N–H and O–H groups in total. The van der Waals surface area contributed by atoms with Crippen LogP contribution in [-0.2, 0) is 0 Å². The Labute approximate surface area is 114 Å². The van der Waals surface area contributed by atoms with Gasteiger partial charge in [0.05, 0.1) is 11.2 Å². The van der Waals surface area contributed by atoms with Gasteiger partial charge in [-0.2, -0.15) is 0 Å². The van der Waals surface area contributed by atoms with Crippen molar-refractivity contribution in [1.82, 2.24) is 10.3 Å². The lowest BCUT2D eigenvalue weighted by Gasteiger charge is -2.23. The quantitative estimate of drug-likeness (QED) is 0.885. The minimum absolute atomic E-state index is 0.779. The smallest absolute Gasteiger partial charge is 0.0936 e. The van der Waals surface area contributed by atoms with Crippen LogP contribution in [-0.4, -0.2) is 24.6 Å². The fourth-order valence-corrected chi connectivity index (χ4v) is 2.73. The monoisotopic (exact) mass is 255 g/mol. The largest absolute Gasteiger partial charge is 0.383 e. The predicted octanol–water partition coefficient (Wildman–Crippen LogP) is 2.95. The fourth-order valence-electron chi connectivity index (χ4n) is 2.73. The Bertz CT molecular complexity index is 559. The second kappa shape index (κ2) is 5.57. The standard InChI is InChI=1S/C16H21N3/c1-12-5-6-14-3-2-4-15(16(14)19-12)18-11-13-7-9-17-10-8-13/h2-6,13,17-18H,7-11H2,1H3. The fraction of sp³-hybridized carbons (Fsp3) is 0.438. The van der Waals surface area contributed by atoms with Gasteiger partial charge < -0.3 is 10.6 Å². The third kappa shape index (κ3) is 2.87. The summed E-state index contributed by atoms with van der Waals surface area (Å²) in [5.74, 6) is 0.779. The number of aromatic nitrogens is 1. The van der Waals surface area contributed by atoms with Gasteiger partial charge in [-0.15, -0.1) is 0 Å². The molecule has 19 heavy (non-hydrogen) atoms. The van der Waals surface area contributed by atoms with Crippen LogP contribution >= 0.6 is 0 Å². The lowest BCUT2D eigenvalue weighted by Crippen LogP contribution is -2.31. The van der Waals surface area contributed by atoms with Crippen LogP contribution in [0, 0.1) is 12.8 Å². The van der Waals surface area contributed by atoms with E-state index in [2.05, 4.69) is 45.9 Å². The Kier molecular flexibility index (Phi) is 3.65. The molecule has 2 aromatic rings. The first-order valence-corrected chi connectivity index (χ1v) is 7.14. The maximum Gasteiger partial charge on any atom is 0.0936 e. The number of fused-ring (bicyclic) bond motifs is 1. The molecule has 1 aromatic heterocycles. The molecule has 0 amide bonds. The van der Waals surface area contributed by atoms with Gasteiger partial charge in [-0.3, -0.25) is 4.98 Å². The van der Waals surface area contributed by atoms with E-state index < -0.39 is 0 Å². The molecule has 1 fully saturated rings. The highest BCUT2D eigenvalue weighted by molar-refractivity contribution is 5.90. The summed E-state index contributed by atoms with van der Waals surface area (Å²) >= 11 is 0. The second-order valence-electron chi connectivity index (χ2n) is 5.40. The molecule has 1 saturated heterocycles. The van der Waals surface area contributed by atoms with E-state index in [1.54, 1.807) is 0 Å². The molecule has 0 spiro atoms. The highest BCUT2D eigenvalue weighted by Crippen LogP contribution is 2.22. The van der Waals surface area contributed by atoms with Gasteiger partial charge in [-0.25, -0.2) is 0 Å². The zero-order chi connectivity index (χ0) is 13.1. The predicted molar refractivity (Wildman–Crippen MR) is 80.6 cm³/mol. The molecule has 3 heteroatoms. The summed E-state index contributed by atoms with van der Waals surface area (Å²) < 4.78 is 0. The molecule has 0 unspecified atom stereocenters. The van der Waals surface area contributed by atoms with Gasteiger partial charge in [0.2, 0.25) is 0 Å². The van der Waals surface area contributed by atoms with E-state index in [0.717, 1.165) is 36.8 Å². The van der Waals surface area contributed by atoms with Crippen molar-refractivity contribution in [2.24, 2.45) is 5.92 Å². The summed E-state index contributed by atoms with van der Waals surface area (Å²) in [5.41, 5.74) is 3.33. The SMILES string of the molecule is Cc1ccc2cccc(NCC3CCNCC3)c2n1. The number of nitrogens with one attached hydrogen (secondary N) is 2. The molecule has 1 aliphatic rings. The van der Waals surface area contributed by atoms with Gasteiger partial charge >= 0.3 is 0 Å². The van der Waals surface area contributed by atoms with Crippen LogP contribution in [0.3, 0.4) is 0 Å². The molecule has 0 atom stereocenters. The van der Waals surface area contributed by atoms with E-state index in [-0.39, 0.29) is 0 Å². The number of benzene rings is 1. The van der Waals surface area contributed by atoms with Crippen molar-refractivity contribution in [2.75, 3.05) is 25.0 Å². The molecule has 2 heterocycles. The third-order valence-electron chi connectivity index (χ3n) is 3.90. The van der Waals surface area contributed by atoms with E-state index in [0.29, 0.717) is 0 Å². The van der Waals surface area contributed by atoms with Crippen LogP contribution < -0.4 is 10.6 Å². The number of hydrogen-bond acceptors (Lipinski definition) is 3. The van der Waals surface area contributed by atoms with Crippen LogP contribution in [0.2, 0.25) is 0 Å². The van der Waals surface area contributed by atoms with Crippen LogP contribution in [0.15, 0.2) is 30.3 Å². The molecule has 3 nitrogen and oxygen atoms in total. The average Bonchev–Trinajstić information content (AvgIpc) is 2.46. The molecular weight excluding hydrogens is 234 g/mol. The van der Waals surface area contributed by atoms with Crippen molar-refractivity contribution >= 4 is 16.6 Å². The summed E-state index contributed by atoms with van der Waals surface area (Å²) in [7, 11) is 0. The Morgan fingerprint density at radius 1 is 1.21 bits per heavy atom. The van der Waals surface area contributed by atoms with E-state index in [4.69, 9.17) is 0 Å². The van der Waals surface area contributed by atoms with E-state index >= 15 is 0 Å². The van der Waals surface area contributed by atoms with Crippen molar-refractivity contribution < 1.29 is 0 Å². The normalized spacial score (nSPS) is 16.7. The molecule has 3 rings (SSSR count). The van der Waals surface area contributed by atoms with Gasteiger partial charge in [0, 0.05) is 17.6 Å². The first-order chi connectivity index (χ1) is 9.33. The second-order valence-corrected chi connectivity index (χ2v) is 5.40. The topological polar surface area (TPSA) is 37.0 Å². The van der Waals surface area contributed by atoms with Crippen LogP contribution in [0.5, 0.6) is 0 Å². The highest BCUT2D eigenvalue weighted by atomic mass is 14.9. The molecule has 0 radical (unpaired) electrons. The van der Waals surface area contributed by atoms with Gasteiger partial charge in [0.15, 0.2) is 0 Å². The molecule has 0 aliphatic carbocycles. The van der Waals surface area contributed by atoms with Crippen LogP contribution in [0.1, 0.15) is 18.5 Å². The van der Waals surface area contributed by atoms with Crippen molar-refractivity contribution in [2.45, 2.75) is 19.8 Å². The maximum atomic E-state index is 4.66. The molecule has 1 aliphatic heterocycles. The summed E-state index contributed by atoms with van der Waals surface area (Å²) in [6.45, 7) is 5.40.